The van der Waals surface area contributed by atoms with Crippen LogP contribution in [0.2, 0.25) is 10.0 Å². The molecule has 2 aromatic rings. The summed E-state index contributed by atoms with van der Waals surface area (Å²) in [4.78, 5) is 38.1. The number of imide groups is 1. The number of nitrogens with zero attached hydrogens (tertiary/aromatic N) is 2. The van der Waals surface area contributed by atoms with Crippen molar-refractivity contribution in [3.63, 3.8) is 0 Å². The molecule has 2 bridgehead atoms. The van der Waals surface area contributed by atoms with Gasteiger partial charge in [-0.15, -0.1) is 0 Å². The molecule has 0 spiro atoms. The molecule has 5 rings (SSSR count). The van der Waals surface area contributed by atoms with E-state index in [-0.39, 0.29) is 51.8 Å². The van der Waals surface area contributed by atoms with Gasteiger partial charge < -0.3 is 4.74 Å². The van der Waals surface area contributed by atoms with E-state index in [2.05, 4.69) is 5.10 Å². The summed E-state index contributed by atoms with van der Waals surface area (Å²) >= 11 is 12.2. The fourth-order valence-corrected chi connectivity index (χ4v) is 5.01. The molecule has 3 aliphatic rings. The summed E-state index contributed by atoms with van der Waals surface area (Å²) in [5.41, 5.74) is 0.564. The Kier molecular flexibility index (Phi) is 4.91. The summed E-state index contributed by atoms with van der Waals surface area (Å²) in [7, 11) is 0. The van der Waals surface area contributed by atoms with Gasteiger partial charge in [0.25, 0.3) is 11.8 Å². The number of fused-ring (bicyclic) bond motifs is 5. The van der Waals surface area contributed by atoms with Crippen LogP contribution in [0.5, 0.6) is 5.75 Å². The van der Waals surface area contributed by atoms with Gasteiger partial charge in [-0.25, -0.2) is 4.79 Å². The lowest BCUT2D eigenvalue weighted by Crippen LogP contribution is -2.28. The lowest BCUT2D eigenvalue weighted by molar-refractivity contribution is -0.140. The summed E-state index contributed by atoms with van der Waals surface area (Å²) in [5, 5.41) is 5.72. The van der Waals surface area contributed by atoms with Crippen LogP contribution in [-0.4, -0.2) is 29.0 Å². The van der Waals surface area contributed by atoms with Crippen LogP contribution in [0, 0.1) is 23.7 Å². The van der Waals surface area contributed by atoms with E-state index in [1.165, 1.54) is 18.3 Å². The molecule has 4 atom stereocenters. The zero-order valence-corrected chi connectivity index (χ0v) is 17.6. The first-order valence-corrected chi connectivity index (χ1v) is 10.6. The van der Waals surface area contributed by atoms with Gasteiger partial charge in [0.05, 0.1) is 28.6 Å². The molecule has 1 aliphatic heterocycles. The molecule has 6 nitrogen and oxygen atoms in total. The molecule has 2 fully saturated rings. The van der Waals surface area contributed by atoms with Crippen LogP contribution < -0.4 is 4.74 Å². The highest BCUT2D eigenvalue weighted by atomic mass is 35.5. The largest absolute Gasteiger partial charge is 0.422 e. The van der Waals surface area contributed by atoms with E-state index in [1.54, 1.807) is 30.3 Å². The van der Waals surface area contributed by atoms with Gasteiger partial charge in [0.2, 0.25) is 0 Å². The van der Waals surface area contributed by atoms with Crippen molar-refractivity contribution in [3.05, 3.63) is 75.8 Å². The topological polar surface area (TPSA) is 76.0 Å². The van der Waals surface area contributed by atoms with Gasteiger partial charge in [-0.3, -0.25) is 9.59 Å². The Morgan fingerprint density at radius 1 is 1.03 bits per heavy atom. The second kappa shape index (κ2) is 7.62. The van der Waals surface area contributed by atoms with Crippen molar-refractivity contribution in [2.24, 2.45) is 28.8 Å². The average molecular weight is 455 g/mol. The number of esters is 1. The standard InChI is InChI=1S/C23H16Cl2N2O4/c24-15-7-8-18(31-23(30)16-3-1-2-4-17(16)25)14(10-15)11-26-27-21(28)19-12-5-6-13(9-12)20(19)22(27)29/h1-8,10-13,19-20H,9H2. The van der Waals surface area contributed by atoms with Crippen LogP contribution in [0.3, 0.4) is 0 Å². The van der Waals surface area contributed by atoms with Gasteiger partial charge in [-0.1, -0.05) is 47.5 Å². The van der Waals surface area contributed by atoms with E-state index in [9.17, 15) is 14.4 Å². The Balaban J connectivity index is 1.40. The van der Waals surface area contributed by atoms with Crippen molar-refractivity contribution in [2.45, 2.75) is 6.42 Å². The second-order valence-electron chi connectivity index (χ2n) is 7.78. The van der Waals surface area contributed by atoms with E-state index >= 15 is 0 Å². The molecule has 2 aromatic carbocycles. The number of ether oxygens (including phenoxy) is 1. The van der Waals surface area contributed by atoms with Crippen molar-refractivity contribution in [1.29, 1.82) is 0 Å². The number of hydrogen-bond donors (Lipinski definition) is 0. The summed E-state index contributed by atoms with van der Waals surface area (Å²) in [5.74, 6) is -1.52. The molecule has 156 valence electrons. The molecule has 0 aromatic heterocycles. The molecular weight excluding hydrogens is 439 g/mol. The number of amides is 2. The first kappa shape index (κ1) is 20.0. The first-order chi connectivity index (χ1) is 14.9. The monoisotopic (exact) mass is 454 g/mol. The van der Waals surface area contributed by atoms with Gasteiger partial charge in [0.1, 0.15) is 5.75 Å². The summed E-state index contributed by atoms with van der Waals surface area (Å²) < 4.78 is 5.48. The molecule has 2 amide bonds. The van der Waals surface area contributed by atoms with Gasteiger partial charge in [0.15, 0.2) is 0 Å². The van der Waals surface area contributed by atoms with Crippen LogP contribution in [0.25, 0.3) is 0 Å². The Morgan fingerprint density at radius 2 is 1.71 bits per heavy atom. The molecule has 2 aliphatic carbocycles. The second-order valence-corrected chi connectivity index (χ2v) is 8.63. The summed E-state index contributed by atoms with van der Waals surface area (Å²) in [6, 6.07) is 11.1. The van der Waals surface area contributed by atoms with Crippen molar-refractivity contribution in [2.75, 3.05) is 0 Å². The van der Waals surface area contributed by atoms with Crippen LogP contribution >= 0.6 is 23.2 Å². The number of allylic oxidation sites excluding steroid dienone is 2. The minimum atomic E-state index is -0.645. The molecule has 1 saturated heterocycles. The zero-order chi connectivity index (χ0) is 21.7. The van der Waals surface area contributed by atoms with Crippen LogP contribution in [0.1, 0.15) is 22.3 Å². The van der Waals surface area contributed by atoms with Crippen molar-refractivity contribution < 1.29 is 19.1 Å². The molecule has 0 radical (unpaired) electrons. The number of hydrazone groups is 1. The zero-order valence-electron chi connectivity index (χ0n) is 16.1. The van der Waals surface area contributed by atoms with Gasteiger partial charge in [-0.05, 0) is 48.6 Å². The molecule has 1 saturated carbocycles. The van der Waals surface area contributed by atoms with Crippen molar-refractivity contribution >= 4 is 47.2 Å². The maximum atomic E-state index is 12.8. The first-order valence-electron chi connectivity index (χ1n) is 9.80. The Morgan fingerprint density at radius 3 is 2.39 bits per heavy atom. The summed E-state index contributed by atoms with van der Waals surface area (Å²) in [6.45, 7) is 0. The highest BCUT2D eigenvalue weighted by molar-refractivity contribution is 6.33. The van der Waals surface area contributed by atoms with Crippen LogP contribution in [0.15, 0.2) is 59.7 Å². The average Bonchev–Trinajstić information content (AvgIpc) is 3.43. The highest BCUT2D eigenvalue weighted by Crippen LogP contribution is 2.52. The van der Waals surface area contributed by atoms with Crippen LogP contribution in [0.4, 0.5) is 0 Å². The third-order valence-corrected chi connectivity index (χ3v) is 6.59. The number of benzene rings is 2. The third-order valence-electron chi connectivity index (χ3n) is 6.03. The predicted octanol–water partition coefficient (Wildman–Crippen LogP) is 4.35. The molecule has 4 unspecified atom stereocenters. The number of carbonyl (C=O) groups is 3. The van der Waals surface area contributed by atoms with E-state index in [0.717, 1.165) is 11.4 Å². The molecule has 1 heterocycles. The minimum absolute atomic E-state index is 0.102. The number of hydrogen-bond acceptors (Lipinski definition) is 5. The van der Waals surface area contributed by atoms with Crippen molar-refractivity contribution in [1.82, 2.24) is 5.01 Å². The Labute approximate surface area is 188 Å². The molecule has 8 heteroatoms. The lowest BCUT2D eigenvalue weighted by atomic mass is 9.85. The highest BCUT2D eigenvalue weighted by Gasteiger charge is 2.59. The number of halogens is 2. The van der Waals surface area contributed by atoms with E-state index in [4.69, 9.17) is 27.9 Å². The molecule has 31 heavy (non-hydrogen) atoms. The SMILES string of the molecule is O=C(Oc1ccc(Cl)cc1C=NN1C(=O)C2C3C=CC(C3)C2C1=O)c1ccccc1Cl. The van der Waals surface area contributed by atoms with Gasteiger partial charge in [-0.2, -0.15) is 10.1 Å². The quantitative estimate of drug-likeness (QED) is 0.226. The fourth-order valence-electron chi connectivity index (χ4n) is 4.62. The molecular formula is C23H16Cl2N2O4. The van der Waals surface area contributed by atoms with E-state index in [0.29, 0.717) is 10.6 Å². The van der Waals surface area contributed by atoms with Gasteiger partial charge in [0, 0.05) is 10.6 Å². The number of carbonyl (C=O) groups excluding carboxylic acids is 3. The fraction of sp³-hybridized carbons (Fsp3) is 0.217. The van der Waals surface area contributed by atoms with E-state index < -0.39 is 5.97 Å². The maximum Gasteiger partial charge on any atom is 0.345 e. The lowest BCUT2D eigenvalue weighted by Gasteiger charge is -2.13. The normalized spacial score (nSPS) is 26.2. The van der Waals surface area contributed by atoms with Gasteiger partial charge >= 0.3 is 5.97 Å². The smallest absolute Gasteiger partial charge is 0.345 e. The molecule has 0 N–H and O–H groups in total. The maximum absolute atomic E-state index is 12.8. The van der Waals surface area contributed by atoms with Crippen molar-refractivity contribution in [3.8, 4) is 5.75 Å². The predicted molar refractivity (Wildman–Crippen MR) is 115 cm³/mol. The van der Waals surface area contributed by atoms with Crippen LogP contribution in [-0.2, 0) is 9.59 Å². The Hall–Kier alpha value is -2.96. The third kappa shape index (κ3) is 3.36. The number of rotatable bonds is 4. The van der Waals surface area contributed by atoms with E-state index in [1.807, 2.05) is 12.2 Å². The Bertz CT molecular complexity index is 1150. The summed E-state index contributed by atoms with van der Waals surface area (Å²) in [6.07, 6.45) is 6.20. The minimum Gasteiger partial charge on any atom is -0.422 e.